The maximum atomic E-state index is 10.2. The van der Waals surface area contributed by atoms with E-state index in [1.165, 1.54) is 4.90 Å². The fourth-order valence-electron chi connectivity index (χ4n) is 2.30. The molecule has 24 heavy (non-hydrogen) atoms. The van der Waals surface area contributed by atoms with Gasteiger partial charge in [-0.1, -0.05) is 36.4 Å². The van der Waals surface area contributed by atoms with Crippen molar-refractivity contribution < 1.29 is 5.11 Å². The number of nitrogens with one attached hydrogen (secondary N) is 1. The highest BCUT2D eigenvalue weighted by Crippen LogP contribution is 2.27. The van der Waals surface area contributed by atoms with Crippen molar-refractivity contribution in [2.45, 2.75) is 4.90 Å². The molecular formula is C20H18N2OS. The number of anilines is 1. The monoisotopic (exact) mass is 334 g/mol. The van der Waals surface area contributed by atoms with Crippen molar-refractivity contribution in [1.29, 1.82) is 0 Å². The van der Waals surface area contributed by atoms with Crippen molar-refractivity contribution in [2.75, 3.05) is 11.7 Å². The molecule has 0 aliphatic heterocycles. The molecule has 0 fully saturated rings. The lowest BCUT2D eigenvalue weighted by Crippen LogP contribution is -1.91. The van der Waals surface area contributed by atoms with Crippen molar-refractivity contribution in [3.8, 4) is 16.9 Å². The van der Waals surface area contributed by atoms with E-state index in [0.717, 1.165) is 16.8 Å². The van der Waals surface area contributed by atoms with Crippen LogP contribution in [0.2, 0.25) is 0 Å². The number of phenolic OH excluding ortho intramolecular Hbond substituents is 1. The van der Waals surface area contributed by atoms with Crippen LogP contribution in [-0.4, -0.2) is 17.6 Å². The molecular weight excluding hydrogens is 316 g/mol. The molecule has 3 rings (SSSR count). The van der Waals surface area contributed by atoms with Gasteiger partial charge < -0.3 is 5.11 Å². The second kappa shape index (κ2) is 7.70. The minimum absolute atomic E-state index is 0.208. The van der Waals surface area contributed by atoms with Gasteiger partial charge in [-0.3, -0.25) is 5.43 Å². The van der Waals surface area contributed by atoms with E-state index < -0.39 is 0 Å². The normalized spacial score (nSPS) is 10.9. The number of hydrazone groups is 1. The third kappa shape index (κ3) is 3.97. The minimum atomic E-state index is 0.208. The highest BCUT2D eigenvalue weighted by atomic mass is 32.2. The Morgan fingerprint density at radius 3 is 2.29 bits per heavy atom. The summed E-state index contributed by atoms with van der Waals surface area (Å²) in [7, 11) is 0. The third-order valence-electron chi connectivity index (χ3n) is 3.62. The smallest absolute Gasteiger partial charge is 0.125 e. The lowest BCUT2D eigenvalue weighted by atomic mass is 10.0. The predicted molar refractivity (Wildman–Crippen MR) is 103 cm³/mol. The largest absolute Gasteiger partial charge is 0.507 e. The van der Waals surface area contributed by atoms with Crippen molar-refractivity contribution >= 4 is 23.7 Å². The van der Waals surface area contributed by atoms with Gasteiger partial charge in [0.1, 0.15) is 5.75 Å². The average Bonchev–Trinajstić information content (AvgIpc) is 2.64. The molecule has 0 bridgehead atoms. The molecule has 0 radical (unpaired) electrons. The van der Waals surface area contributed by atoms with Gasteiger partial charge in [-0.25, -0.2) is 0 Å². The summed E-state index contributed by atoms with van der Waals surface area (Å²) in [6, 6.07) is 23.6. The van der Waals surface area contributed by atoms with Crippen molar-refractivity contribution in [2.24, 2.45) is 5.10 Å². The molecule has 0 aliphatic carbocycles. The van der Waals surface area contributed by atoms with Crippen molar-refractivity contribution in [3.05, 3.63) is 78.4 Å². The highest BCUT2D eigenvalue weighted by molar-refractivity contribution is 7.98. The third-order valence-corrected chi connectivity index (χ3v) is 4.37. The zero-order valence-corrected chi connectivity index (χ0v) is 14.1. The van der Waals surface area contributed by atoms with Crippen LogP contribution < -0.4 is 5.43 Å². The summed E-state index contributed by atoms with van der Waals surface area (Å²) in [6.07, 6.45) is 3.67. The molecule has 0 aliphatic rings. The molecule has 120 valence electrons. The van der Waals surface area contributed by atoms with Gasteiger partial charge in [-0.15, -0.1) is 11.8 Å². The van der Waals surface area contributed by atoms with Gasteiger partial charge >= 0.3 is 0 Å². The van der Waals surface area contributed by atoms with Gasteiger partial charge in [0.05, 0.1) is 11.9 Å². The molecule has 3 aromatic carbocycles. The number of hydrogen-bond donors (Lipinski definition) is 2. The lowest BCUT2D eigenvalue weighted by Gasteiger charge is -2.06. The molecule has 0 spiro atoms. The molecule has 0 heterocycles. The Morgan fingerprint density at radius 2 is 1.62 bits per heavy atom. The molecule has 2 N–H and O–H groups in total. The van der Waals surface area contributed by atoms with Gasteiger partial charge in [-0.05, 0) is 53.8 Å². The number of phenols is 1. The van der Waals surface area contributed by atoms with E-state index in [0.29, 0.717) is 5.56 Å². The quantitative estimate of drug-likeness (QED) is 0.382. The van der Waals surface area contributed by atoms with Crippen LogP contribution in [0.5, 0.6) is 5.75 Å². The first kappa shape index (κ1) is 16.1. The van der Waals surface area contributed by atoms with E-state index >= 15 is 0 Å². The Morgan fingerprint density at radius 1 is 0.917 bits per heavy atom. The molecule has 3 aromatic rings. The molecule has 0 saturated heterocycles. The lowest BCUT2D eigenvalue weighted by molar-refractivity contribution is 0.474. The van der Waals surface area contributed by atoms with E-state index in [2.05, 4.69) is 41.0 Å². The summed E-state index contributed by atoms with van der Waals surface area (Å²) in [5.41, 5.74) is 6.56. The van der Waals surface area contributed by atoms with Crippen LogP contribution in [0, 0.1) is 0 Å². The van der Waals surface area contributed by atoms with E-state index in [9.17, 15) is 5.11 Å². The SMILES string of the molecule is CSc1ccc(-c2ccc(C=NNc3ccccc3)c(O)c2)cc1. The maximum absolute atomic E-state index is 10.2. The van der Waals surface area contributed by atoms with Crippen molar-refractivity contribution in [3.63, 3.8) is 0 Å². The Hall–Kier alpha value is -2.72. The topological polar surface area (TPSA) is 44.6 Å². The number of nitrogens with zero attached hydrogens (tertiary/aromatic N) is 1. The van der Waals surface area contributed by atoms with Gasteiger partial charge in [-0.2, -0.15) is 5.10 Å². The predicted octanol–water partition coefficient (Wildman–Crippen LogP) is 5.23. The van der Waals surface area contributed by atoms with Crippen LogP contribution in [0.25, 0.3) is 11.1 Å². The molecule has 3 nitrogen and oxygen atoms in total. The zero-order valence-electron chi connectivity index (χ0n) is 13.3. The van der Waals surface area contributed by atoms with E-state index in [1.54, 1.807) is 24.0 Å². The standard InChI is InChI=1S/C20H18N2OS/c1-24-19-11-9-15(10-12-19)16-7-8-17(20(23)13-16)14-21-22-18-5-3-2-4-6-18/h2-14,22-23H,1H3. The van der Waals surface area contributed by atoms with Gasteiger partial charge in [0.25, 0.3) is 0 Å². The summed E-state index contributed by atoms with van der Waals surface area (Å²) in [5, 5.41) is 14.4. The molecule has 0 atom stereocenters. The second-order valence-corrected chi connectivity index (χ2v) is 6.12. The zero-order chi connectivity index (χ0) is 16.8. The number of thioether (sulfide) groups is 1. The van der Waals surface area contributed by atoms with Crippen LogP contribution in [0.3, 0.4) is 0 Å². The van der Waals surface area contributed by atoms with Gasteiger partial charge in [0.15, 0.2) is 0 Å². The molecule has 0 saturated carbocycles. The number of rotatable bonds is 5. The minimum Gasteiger partial charge on any atom is -0.507 e. The number of benzene rings is 3. The number of para-hydroxylation sites is 1. The first-order valence-corrected chi connectivity index (χ1v) is 8.80. The summed E-state index contributed by atoms with van der Waals surface area (Å²) < 4.78 is 0. The second-order valence-electron chi connectivity index (χ2n) is 5.24. The molecule has 4 heteroatoms. The maximum Gasteiger partial charge on any atom is 0.125 e. The van der Waals surface area contributed by atoms with E-state index in [-0.39, 0.29) is 5.75 Å². The van der Waals surface area contributed by atoms with Crippen LogP contribution in [0.15, 0.2) is 82.8 Å². The van der Waals surface area contributed by atoms with Gasteiger partial charge in [0.2, 0.25) is 0 Å². The summed E-state index contributed by atoms with van der Waals surface area (Å²) in [6.45, 7) is 0. The van der Waals surface area contributed by atoms with Crippen LogP contribution in [0.1, 0.15) is 5.56 Å². The van der Waals surface area contributed by atoms with Crippen LogP contribution in [0.4, 0.5) is 5.69 Å². The Balaban J connectivity index is 1.74. The fourth-order valence-corrected chi connectivity index (χ4v) is 2.71. The Kier molecular flexibility index (Phi) is 5.18. The summed E-state index contributed by atoms with van der Waals surface area (Å²) in [4.78, 5) is 1.22. The van der Waals surface area contributed by atoms with Gasteiger partial charge in [0, 0.05) is 10.5 Å². The Labute approximate surface area is 146 Å². The first-order chi connectivity index (χ1) is 11.8. The summed E-state index contributed by atoms with van der Waals surface area (Å²) in [5.74, 6) is 0.208. The number of hydrogen-bond acceptors (Lipinski definition) is 4. The van der Waals surface area contributed by atoms with Crippen LogP contribution >= 0.6 is 11.8 Å². The van der Waals surface area contributed by atoms with Crippen LogP contribution in [-0.2, 0) is 0 Å². The van der Waals surface area contributed by atoms with E-state index in [4.69, 9.17) is 0 Å². The fraction of sp³-hybridized carbons (Fsp3) is 0.0500. The molecule has 0 amide bonds. The average molecular weight is 334 g/mol. The molecule has 0 unspecified atom stereocenters. The highest BCUT2D eigenvalue weighted by Gasteiger charge is 2.03. The van der Waals surface area contributed by atoms with E-state index in [1.807, 2.05) is 42.5 Å². The molecule has 0 aromatic heterocycles. The summed E-state index contributed by atoms with van der Waals surface area (Å²) >= 11 is 1.71. The number of aromatic hydroxyl groups is 1. The Bertz CT molecular complexity index is 830. The first-order valence-electron chi connectivity index (χ1n) is 7.58. The van der Waals surface area contributed by atoms with Crippen molar-refractivity contribution in [1.82, 2.24) is 0 Å².